The van der Waals surface area contributed by atoms with Gasteiger partial charge >= 0.3 is 6.03 Å². The third-order valence-electron chi connectivity index (χ3n) is 4.61. The molecule has 2 amide bonds. The third-order valence-corrected chi connectivity index (χ3v) is 4.61. The maximum Gasteiger partial charge on any atom is 0.315 e. The summed E-state index contributed by atoms with van der Waals surface area (Å²) < 4.78 is 5.83. The Kier molecular flexibility index (Phi) is 6.90. The number of carbonyl (C=O) groups is 1. The minimum absolute atomic E-state index is 0.112. The Balaban J connectivity index is 1.40. The lowest BCUT2D eigenvalue weighted by Gasteiger charge is -2.22. The highest BCUT2D eigenvalue weighted by molar-refractivity contribution is 5.73. The van der Waals surface area contributed by atoms with Gasteiger partial charge in [0.2, 0.25) is 0 Å². The molecule has 1 saturated heterocycles. The second kappa shape index (κ2) is 9.82. The van der Waals surface area contributed by atoms with Crippen LogP contribution in [0.5, 0.6) is 5.75 Å². The average molecular weight is 353 g/mol. The minimum Gasteiger partial charge on any atom is -0.489 e. The van der Waals surface area contributed by atoms with E-state index in [2.05, 4.69) is 16.0 Å². The quantitative estimate of drug-likeness (QED) is 0.717. The summed E-state index contributed by atoms with van der Waals surface area (Å²) in [7, 11) is 0. The molecule has 138 valence electrons. The first-order chi connectivity index (χ1) is 12.8. The fourth-order valence-electron chi connectivity index (χ4n) is 3.05. The zero-order valence-electron chi connectivity index (χ0n) is 15.0. The maximum absolute atomic E-state index is 12.0. The van der Waals surface area contributed by atoms with Gasteiger partial charge in [0.1, 0.15) is 12.4 Å². The molecule has 1 fully saturated rings. The number of hydrogen-bond acceptors (Lipinski definition) is 3. The number of amides is 2. The molecular formula is C21H27N3O2. The molecule has 0 saturated carbocycles. The topological polar surface area (TPSA) is 62.4 Å². The molecule has 0 atom stereocenters. The number of nitrogens with one attached hydrogen (secondary N) is 3. The predicted octanol–water partition coefficient (Wildman–Crippen LogP) is 3.06. The van der Waals surface area contributed by atoms with E-state index in [1.54, 1.807) is 0 Å². The molecule has 1 heterocycles. The number of urea groups is 1. The van der Waals surface area contributed by atoms with Crippen molar-refractivity contribution >= 4 is 6.03 Å². The molecule has 5 heteroatoms. The standard InChI is InChI=1S/C21H27N3O2/c25-21(23-14-17-9-11-22-12-10-17)24-15-19-7-4-8-20(13-19)26-16-18-5-2-1-3-6-18/h1-8,13,17,22H,9-12,14-16H2,(H2,23,24,25). The highest BCUT2D eigenvalue weighted by Gasteiger charge is 2.13. The van der Waals surface area contributed by atoms with E-state index >= 15 is 0 Å². The number of hydrogen-bond donors (Lipinski definition) is 3. The van der Waals surface area contributed by atoms with Crippen LogP contribution in [-0.4, -0.2) is 25.7 Å². The van der Waals surface area contributed by atoms with Crippen LogP contribution in [0, 0.1) is 5.92 Å². The van der Waals surface area contributed by atoms with E-state index in [1.165, 1.54) is 0 Å². The van der Waals surface area contributed by atoms with Gasteiger partial charge in [-0.3, -0.25) is 0 Å². The molecule has 1 aliphatic heterocycles. The van der Waals surface area contributed by atoms with Gasteiger partial charge in [0.15, 0.2) is 0 Å². The minimum atomic E-state index is -0.112. The third kappa shape index (κ3) is 6.08. The van der Waals surface area contributed by atoms with Gasteiger partial charge in [0, 0.05) is 13.1 Å². The van der Waals surface area contributed by atoms with Gasteiger partial charge in [-0.25, -0.2) is 4.79 Å². The Bertz CT molecular complexity index is 685. The Hall–Kier alpha value is -2.53. The zero-order valence-corrected chi connectivity index (χ0v) is 15.0. The van der Waals surface area contributed by atoms with E-state index < -0.39 is 0 Å². The molecule has 0 unspecified atom stereocenters. The smallest absolute Gasteiger partial charge is 0.315 e. The van der Waals surface area contributed by atoms with E-state index in [4.69, 9.17) is 4.74 Å². The Morgan fingerprint density at radius 3 is 2.58 bits per heavy atom. The molecule has 0 bridgehead atoms. The molecular weight excluding hydrogens is 326 g/mol. The monoisotopic (exact) mass is 353 g/mol. The van der Waals surface area contributed by atoms with Crippen LogP contribution in [0.25, 0.3) is 0 Å². The molecule has 3 N–H and O–H groups in total. The highest BCUT2D eigenvalue weighted by Crippen LogP contribution is 2.15. The number of benzene rings is 2. The van der Waals surface area contributed by atoms with Crippen LogP contribution in [0.15, 0.2) is 54.6 Å². The summed E-state index contributed by atoms with van der Waals surface area (Å²) in [5, 5.41) is 9.23. The summed E-state index contributed by atoms with van der Waals surface area (Å²) in [4.78, 5) is 12.0. The largest absolute Gasteiger partial charge is 0.489 e. The summed E-state index contributed by atoms with van der Waals surface area (Å²) >= 11 is 0. The van der Waals surface area contributed by atoms with Crippen molar-refractivity contribution in [1.29, 1.82) is 0 Å². The van der Waals surface area contributed by atoms with Crippen molar-refractivity contribution < 1.29 is 9.53 Å². The zero-order chi connectivity index (χ0) is 18.0. The first-order valence-corrected chi connectivity index (χ1v) is 9.28. The molecule has 2 aromatic rings. The molecule has 0 radical (unpaired) electrons. The van der Waals surface area contributed by atoms with Crippen LogP contribution in [0.3, 0.4) is 0 Å². The van der Waals surface area contributed by atoms with Crippen molar-refractivity contribution in [3.63, 3.8) is 0 Å². The van der Waals surface area contributed by atoms with E-state index in [1.807, 2.05) is 54.6 Å². The molecule has 0 aromatic heterocycles. The molecule has 3 rings (SSSR count). The Morgan fingerprint density at radius 1 is 1.00 bits per heavy atom. The summed E-state index contributed by atoms with van der Waals surface area (Å²) in [6, 6.07) is 17.8. The van der Waals surface area contributed by atoms with Gasteiger partial charge in [0.25, 0.3) is 0 Å². The average Bonchev–Trinajstić information content (AvgIpc) is 2.71. The van der Waals surface area contributed by atoms with Gasteiger partial charge in [-0.05, 0) is 55.1 Å². The molecule has 0 aliphatic carbocycles. The molecule has 0 spiro atoms. The first-order valence-electron chi connectivity index (χ1n) is 9.28. The number of carbonyl (C=O) groups excluding carboxylic acids is 1. The van der Waals surface area contributed by atoms with Crippen LogP contribution in [0.2, 0.25) is 0 Å². The SMILES string of the molecule is O=C(NCc1cccc(OCc2ccccc2)c1)NCC1CCNCC1. The normalized spacial score (nSPS) is 14.6. The Morgan fingerprint density at radius 2 is 1.77 bits per heavy atom. The molecule has 2 aromatic carbocycles. The fourth-order valence-corrected chi connectivity index (χ4v) is 3.05. The van der Waals surface area contributed by atoms with E-state index in [0.29, 0.717) is 19.1 Å². The lowest BCUT2D eigenvalue weighted by atomic mass is 9.98. The van der Waals surface area contributed by atoms with Crippen molar-refractivity contribution in [2.75, 3.05) is 19.6 Å². The van der Waals surface area contributed by atoms with E-state index in [0.717, 1.165) is 49.4 Å². The molecule has 5 nitrogen and oxygen atoms in total. The van der Waals surface area contributed by atoms with Crippen LogP contribution in [0.1, 0.15) is 24.0 Å². The summed E-state index contributed by atoms with van der Waals surface area (Å²) in [5.41, 5.74) is 2.15. The van der Waals surface area contributed by atoms with Crippen LogP contribution < -0.4 is 20.7 Å². The van der Waals surface area contributed by atoms with Crippen LogP contribution in [0.4, 0.5) is 4.79 Å². The van der Waals surface area contributed by atoms with Crippen molar-refractivity contribution in [1.82, 2.24) is 16.0 Å². The second-order valence-corrected chi connectivity index (χ2v) is 6.68. The second-order valence-electron chi connectivity index (χ2n) is 6.68. The molecule has 1 aliphatic rings. The van der Waals surface area contributed by atoms with Crippen LogP contribution >= 0.6 is 0 Å². The summed E-state index contributed by atoms with van der Waals surface area (Å²) in [5.74, 6) is 1.39. The van der Waals surface area contributed by atoms with E-state index in [9.17, 15) is 4.79 Å². The fraction of sp³-hybridized carbons (Fsp3) is 0.381. The lowest BCUT2D eigenvalue weighted by Crippen LogP contribution is -2.40. The van der Waals surface area contributed by atoms with Crippen molar-refractivity contribution in [2.45, 2.75) is 26.0 Å². The van der Waals surface area contributed by atoms with Gasteiger partial charge in [-0.2, -0.15) is 0 Å². The van der Waals surface area contributed by atoms with Gasteiger partial charge in [-0.15, -0.1) is 0 Å². The summed E-state index contributed by atoms with van der Waals surface area (Å²) in [6.07, 6.45) is 2.25. The number of piperidine rings is 1. The number of ether oxygens (including phenoxy) is 1. The Labute approximate surface area is 155 Å². The number of rotatable bonds is 7. The predicted molar refractivity (Wildman–Crippen MR) is 103 cm³/mol. The van der Waals surface area contributed by atoms with Crippen molar-refractivity contribution in [2.24, 2.45) is 5.92 Å². The first kappa shape index (κ1) is 18.3. The molecule has 26 heavy (non-hydrogen) atoms. The summed E-state index contributed by atoms with van der Waals surface area (Å²) in [6.45, 7) is 3.86. The van der Waals surface area contributed by atoms with Crippen molar-refractivity contribution in [3.05, 3.63) is 65.7 Å². The van der Waals surface area contributed by atoms with Gasteiger partial charge in [0.05, 0.1) is 0 Å². The van der Waals surface area contributed by atoms with E-state index in [-0.39, 0.29) is 6.03 Å². The van der Waals surface area contributed by atoms with Gasteiger partial charge in [-0.1, -0.05) is 42.5 Å². The van der Waals surface area contributed by atoms with Gasteiger partial charge < -0.3 is 20.7 Å². The van der Waals surface area contributed by atoms with Crippen LogP contribution in [-0.2, 0) is 13.2 Å². The lowest BCUT2D eigenvalue weighted by molar-refractivity contribution is 0.236. The maximum atomic E-state index is 12.0. The highest BCUT2D eigenvalue weighted by atomic mass is 16.5. The van der Waals surface area contributed by atoms with Crippen molar-refractivity contribution in [3.8, 4) is 5.75 Å².